The highest BCUT2D eigenvalue weighted by atomic mass is 32.1. The number of ether oxygens (including phenoxy) is 1. The number of nitrogens with one attached hydrogen (secondary N) is 2. The van der Waals surface area contributed by atoms with E-state index in [1.807, 2.05) is 45.0 Å². The van der Waals surface area contributed by atoms with Crippen molar-refractivity contribution in [2.75, 3.05) is 25.0 Å². The number of hydrogen-bond donors (Lipinski definition) is 2. The Morgan fingerprint density at radius 1 is 1.17 bits per heavy atom. The van der Waals surface area contributed by atoms with Crippen LogP contribution < -0.4 is 15.4 Å². The summed E-state index contributed by atoms with van der Waals surface area (Å²) in [7, 11) is 0. The lowest BCUT2D eigenvalue weighted by atomic mass is 10.2. The van der Waals surface area contributed by atoms with Crippen LogP contribution in [0, 0.1) is 11.8 Å². The Morgan fingerprint density at radius 2 is 1.90 bits per heavy atom. The summed E-state index contributed by atoms with van der Waals surface area (Å²) in [5, 5.41) is 8.27. The van der Waals surface area contributed by atoms with Crippen LogP contribution in [-0.2, 0) is 6.54 Å². The average molecular weight is 433 g/mol. The Kier molecular flexibility index (Phi) is 9.11. The van der Waals surface area contributed by atoms with E-state index in [4.69, 9.17) is 4.74 Å². The molecular weight excluding hydrogens is 400 g/mol. The quantitative estimate of drug-likeness (QED) is 0.574. The van der Waals surface area contributed by atoms with Gasteiger partial charge in [0.15, 0.2) is 0 Å². The lowest BCUT2D eigenvalue weighted by molar-refractivity contribution is 0.0944. The van der Waals surface area contributed by atoms with Gasteiger partial charge in [-0.15, -0.1) is 11.3 Å². The van der Waals surface area contributed by atoms with E-state index >= 15 is 0 Å². The highest BCUT2D eigenvalue weighted by molar-refractivity contribution is 7.09. The molecule has 1 aromatic carbocycles. The normalized spacial score (nSPS) is 10.9. The van der Waals surface area contributed by atoms with Crippen molar-refractivity contribution in [2.45, 2.75) is 41.2 Å². The van der Waals surface area contributed by atoms with Crippen LogP contribution in [-0.4, -0.2) is 41.5 Å². The van der Waals surface area contributed by atoms with Crippen LogP contribution in [0.3, 0.4) is 0 Å². The van der Waals surface area contributed by atoms with Crippen molar-refractivity contribution in [3.63, 3.8) is 0 Å². The van der Waals surface area contributed by atoms with E-state index in [9.17, 15) is 9.59 Å². The zero-order valence-corrected chi connectivity index (χ0v) is 19.2. The minimum atomic E-state index is -0.225. The number of urea groups is 1. The van der Waals surface area contributed by atoms with E-state index < -0.39 is 0 Å². The number of carbonyl (C=O) groups is 2. The molecule has 1 aromatic heterocycles. The molecule has 0 unspecified atom stereocenters. The molecule has 30 heavy (non-hydrogen) atoms. The lowest BCUT2D eigenvalue weighted by Crippen LogP contribution is -2.37. The maximum Gasteiger partial charge on any atom is 0.322 e. The number of nitrogens with zero attached hydrogens (tertiary/aromatic N) is 2. The first-order valence-corrected chi connectivity index (χ1v) is 11.2. The van der Waals surface area contributed by atoms with Crippen LogP contribution in [0.1, 0.15) is 50.1 Å². The predicted octanol–water partition coefficient (Wildman–Crippen LogP) is 4.62. The first-order valence-electron chi connectivity index (χ1n) is 10.3. The van der Waals surface area contributed by atoms with Gasteiger partial charge in [-0.25, -0.2) is 9.78 Å². The molecule has 0 atom stereocenters. The van der Waals surface area contributed by atoms with Crippen LogP contribution in [0.5, 0.6) is 5.75 Å². The summed E-state index contributed by atoms with van der Waals surface area (Å²) in [5.74, 6) is 1.11. The van der Waals surface area contributed by atoms with E-state index in [0.717, 1.165) is 5.01 Å². The molecule has 3 amide bonds. The van der Waals surface area contributed by atoms with Crippen molar-refractivity contribution in [1.82, 2.24) is 15.2 Å². The molecule has 0 bridgehead atoms. The molecule has 1 heterocycles. The number of benzene rings is 1. The minimum Gasteiger partial charge on any atom is -0.492 e. The van der Waals surface area contributed by atoms with Crippen molar-refractivity contribution in [2.24, 2.45) is 11.8 Å². The van der Waals surface area contributed by atoms with Crippen LogP contribution in [0.25, 0.3) is 0 Å². The number of aromatic nitrogens is 1. The predicted molar refractivity (Wildman–Crippen MR) is 121 cm³/mol. The Balaban J connectivity index is 2.09. The van der Waals surface area contributed by atoms with E-state index in [2.05, 4.69) is 29.5 Å². The highest BCUT2D eigenvalue weighted by Crippen LogP contribution is 2.24. The second kappa shape index (κ2) is 11.5. The fourth-order valence-corrected chi connectivity index (χ4v) is 3.53. The number of thiazole rings is 1. The fraction of sp³-hybridized carbons (Fsp3) is 0.500. The Bertz CT molecular complexity index is 835. The van der Waals surface area contributed by atoms with E-state index in [1.54, 1.807) is 10.3 Å². The largest absolute Gasteiger partial charge is 0.492 e. The van der Waals surface area contributed by atoms with Gasteiger partial charge in [-0.3, -0.25) is 4.79 Å². The topological polar surface area (TPSA) is 83.6 Å². The highest BCUT2D eigenvalue weighted by Gasteiger charge is 2.20. The molecule has 0 aliphatic rings. The molecule has 0 saturated heterocycles. The number of rotatable bonds is 10. The molecule has 0 spiro atoms. The number of carbonyl (C=O) groups excluding carboxylic acids is 2. The molecule has 8 heteroatoms. The first kappa shape index (κ1) is 23.7. The maximum absolute atomic E-state index is 13.0. The average Bonchev–Trinajstić information content (AvgIpc) is 3.15. The fourth-order valence-electron chi connectivity index (χ4n) is 2.74. The van der Waals surface area contributed by atoms with Crippen molar-refractivity contribution in [1.29, 1.82) is 0 Å². The molecule has 0 aliphatic carbocycles. The van der Waals surface area contributed by atoms with E-state index in [0.29, 0.717) is 49.3 Å². The summed E-state index contributed by atoms with van der Waals surface area (Å²) >= 11 is 1.38. The summed E-state index contributed by atoms with van der Waals surface area (Å²) in [5.41, 5.74) is 1.02. The smallest absolute Gasteiger partial charge is 0.322 e. The van der Waals surface area contributed by atoms with Crippen LogP contribution >= 0.6 is 11.3 Å². The maximum atomic E-state index is 13.0. The molecule has 2 N–H and O–H groups in total. The minimum absolute atomic E-state index is 0.184. The third kappa shape index (κ3) is 7.33. The van der Waals surface area contributed by atoms with Gasteiger partial charge >= 0.3 is 6.03 Å². The Labute approximate surface area is 182 Å². The second-order valence-electron chi connectivity index (χ2n) is 7.86. The van der Waals surface area contributed by atoms with Gasteiger partial charge in [-0.2, -0.15) is 0 Å². The summed E-state index contributed by atoms with van der Waals surface area (Å²) in [6.07, 6.45) is 0. The lowest BCUT2D eigenvalue weighted by Gasteiger charge is -2.24. The molecule has 0 fully saturated rings. The van der Waals surface area contributed by atoms with Gasteiger partial charge < -0.3 is 20.3 Å². The summed E-state index contributed by atoms with van der Waals surface area (Å²) in [6.45, 7) is 12.1. The number of hydrogen-bond acceptors (Lipinski definition) is 5. The van der Waals surface area contributed by atoms with Crippen molar-refractivity contribution in [3.05, 3.63) is 40.3 Å². The van der Waals surface area contributed by atoms with Gasteiger partial charge in [0.1, 0.15) is 16.5 Å². The van der Waals surface area contributed by atoms with Crippen LogP contribution in [0.15, 0.2) is 29.6 Å². The summed E-state index contributed by atoms with van der Waals surface area (Å²) in [6, 6.07) is 7.14. The molecule has 7 nitrogen and oxygen atoms in total. The van der Waals surface area contributed by atoms with Crippen LogP contribution in [0.4, 0.5) is 10.5 Å². The SMILES string of the molecule is CCOc1ccccc1NC(=O)N(Cc1nc(C(=O)NCC(C)C)cs1)CC(C)C. The number of amides is 3. The molecule has 0 aliphatic heterocycles. The van der Waals surface area contributed by atoms with E-state index in [1.165, 1.54) is 11.3 Å². The van der Waals surface area contributed by atoms with Gasteiger partial charge in [0, 0.05) is 18.5 Å². The molecule has 0 radical (unpaired) electrons. The van der Waals surface area contributed by atoms with Crippen molar-refractivity contribution in [3.8, 4) is 5.75 Å². The molecule has 2 rings (SSSR count). The van der Waals surface area contributed by atoms with Gasteiger partial charge in [0.25, 0.3) is 5.91 Å². The molecular formula is C22H32N4O3S. The third-order valence-corrected chi connectivity index (χ3v) is 4.92. The van der Waals surface area contributed by atoms with Gasteiger partial charge in [0.05, 0.1) is 18.8 Å². The first-order chi connectivity index (χ1) is 14.3. The number of para-hydroxylation sites is 2. The van der Waals surface area contributed by atoms with Crippen molar-refractivity contribution < 1.29 is 14.3 Å². The van der Waals surface area contributed by atoms with Gasteiger partial charge in [-0.1, -0.05) is 39.8 Å². The summed E-state index contributed by atoms with van der Waals surface area (Å²) < 4.78 is 5.60. The zero-order valence-electron chi connectivity index (χ0n) is 18.4. The zero-order chi connectivity index (χ0) is 22.1. The monoisotopic (exact) mass is 432 g/mol. The second-order valence-corrected chi connectivity index (χ2v) is 8.81. The Morgan fingerprint density at radius 3 is 2.57 bits per heavy atom. The van der Waals surface area contributed by atoms with Crippen molar-refractivity contribution >= 4 is 29.0 Å². The third-order valence-electron chi connectivity index (χ3n) is 4.08. The standard InChI is InChI=1S/C22H32N4O3S/c1-6-29-19-10-8-7-9-17(19)25-22(28)26(12-16(4)5)13-20-24-18(14-30-20)21(27)23-11-15(2)3/h7-10,14-16H,6,11-13H2,1-5H3,(H,23,27)(H,25,28). The molecule has 2 aromatic rings. The Hall–Kier alpha value is -2.61. The summed E-state index contributed by atoms with van der Waals surface area (Å²) in [4.78, 5) is 31.4. The number of anilines is 1. The molecule has 0 saturated carbocycles. The van der Waals surface area contributed by atoms with E-state index in [-0.39, 0.29) is 17.9 Å². The van der Waals surface area contributed by atoms with Gasteiger partial charge in [0.2, 0.25) is 0 Å². The van der Waals surface area contributed by atoms with Gasteiger partial charge in [-0.05, 0) is 30.9 Å². The van der Waals surface area contributed by atoms with Crippen LogP contribution in [0.2, 0.25) is 0 Å². The molecule has 164 valence electrons.